The van der Waals surface area contributed by atoms with Crippen molar-refractivity contribution in [2.75, 3.05) is 0 Å². The number of nitrogens with one attached hydrogen (secondary N) is 1. The van der Waals surface area contributed by atoms with Gasteiger partial charge < -0.3 is 9.84 Å². The first-order valence-electron chi connectivity index (χ1n) is 8.20. The molecule has 3 aromatic rings. The van der Waals surface area contributed by atoms with Crippen LogP contribution in [0.2, 0.25) is 0 Å². The summed E-state index contributed by atoms with van der Waals surface area (Å²) in [5.41, 5.74) is 4.05. The molecule has 0 spiro atoms. The molecule has 27 heavy (non-hydrogen) atoms. The second-order valence-corrected chi connectivity index (χ2v) is 5.70. The highest BCUT2D eigenvalue weighted by molar-refractivity contribution is 5.94. The van der Waals surface area contributed by atoms with E-state index < -0.39 is 0 Å². The molecular weight excluding hydrogens is 347 g/mol. The van der Waals surface area contributed by atoms with Gasteiger partial charge >= 0.3 is 0 Å². The summed E-state index contributed by atoms with van der Waals surface area (Å²) in [6.07, 6.45) is 1.50. The highest BCUT2D eigenvalue weighted by Gasteiger charge is 2.04. The van der Waals surface area contributed by atoms with Gasteiger partial charge in [-0.05, 0) is 60.2 Å². The van der Waals surface area contributed by atoms with Crippen LogP contribution in [0.3, 0.4) is 0 Å². The SMILES string of the molecule is O=C(N/N=C/c1ccc(OCc2ccccc2F)cc1)c1ccc(O)cc1. The quantitative estimate of drug-likeness (QED) is 0.515. The number of benzene rings is 3. The van der Waals surface area contributed by atoms with Crippen LogP contribution >= 0.6 is 0 Å². The highest BCUT2D eigenvalue weighted by Crippen LogP contribution is 2.15. The molecule has 5 nitrogen and oxygen atoms in total. The fourth-order valence-electron chi connectivity index (χ4n) is 2.27. The fraction of sp³-hybridized carbons (Fsp3) is 0.0476. The van der Waals surface area contributed by atoms with Crippen LogP contribution in [0.5, 0.6) is 11.5 Å². The molecule has 0 bridgehead atoms. The molecule has 0 aliphatic heterocycles. The van der Waals surface area contributed by atoms with E-state index in [0.717, 1.165) is 5.56 Å². The summed E-state index contributed by atoms with van der Waals surface area (Å²) < 4.78 is 19.1. The molecule has 136 valence electrons. The van der Waals surface area contributed by atoms with Gasteiger partial charge in [0.15, 0.2) is 0 Å². The van der Waals surface area contributed by atoms with Crippen molar-refractivity contribution in [1.29, 1.82) is 0 Å². The maximum absolute atomic E-state index is 13.6. The lowest BCUT2D eigenvalue weighted by molar-refractivity contribution is 0.0955. The normalized spacial score (nSPS) is 10.7. The fourth-order valence-corrected chi connectivity index (χ4v) is 2.27. The van der Waals surface area contributed by atoms with Gasteiger partial charge in [-0.3, -0.25) is 4.79 Å². The van der Waals surface area contributed by atoms with Crippen molar-refractivity contribution in [3.8, 4) is 11.5 Å². The van der Waals surface area contributed by atoms with E-state index in [0.29, 0.717) is 16.9 Å². The molecular formula is C21H17FN2O3. The Morgan fingerprint density at radius 1 is 1.04 bits per heavy atom. The van der Waals surface area contributed by atoms with Gasteiger partial charge in [-0.1, -0.05) is 18.2 Å². The molecule has 0 atom stereocenters. The monoisotopic (exact) mass is 364 g/mol. The molecule has 1 amide bonds. The van der Waals surface area contributed by atoms with Crippen molar-refractivity contribution in [2.45, 2.75) is 6.61 Å². The van der Waals surface area contributed by atoms with Crippen LogP contribution in [-0.4, -0.2) is 17.2 Å². The predicted molar refractivity (Wildman–Crippen MR) is 100 cm³/mol. The molecule has 6 heteroatoms. The average Bonchev–Trinajstić information content (AvgIpc) is 2.69. The summed E-state index contributed by atoms with van der Waals surface area (Å²) in [6.45, 7) is 0.142. The summed E-state index contributed by atoms with van der Waals surface area (Å²) in [5.74, 6) is 0.0117. The zero-order chi connectivity index (χ0) is 19.1. The van der Waals surface area contributed by atoms with E-state index in [4.69, 9.17) is 4.74 Å². The van der Waals surface area contributed by atoms with E-state index in [2.05, 4.69) is 10.5 Å². The second-order valence-electron chi connectivity index (χ2n) is 5.70. The third-order valence-electron chi connectivity index (χ3n) is 3.74. The molecule has 0 radical (unpaired) electrons. The van der Waals surface area contributed by atoms with E-state index >= 15 is 0 Å². The Labute approximate surface area is 155 Å². The maximum Gasteiger partial charge on any atom is 0.271 e. The molecule has 2 N–H and O–H groups in total. The number of hydrazone groups is 1. The lowest BCUT2D eigenvalue weighted by atomic mass is 10.2. The molecule has 0 heterocycles. The van der Waals surface area contributed by atoms with E-state index in [1.807, 2.05) is 0 Å². The lowest BCUT2D eigenvalue weighted by Gasteiger charge is -2.07. The summed E-state index contributed by atoms with van der Waals surface area (Å²) in [6, 6.07) is 19.3. The van der Waals surface area contributed by atoms with Crippen LogP contribution in [0.4, 0.5) is 4.39 Å². The van der Waals surface area contributed by atoms with Gasteiger partial charge in [-0.25, -0.2) is 9.82 Å². The van der Waals surface area contributed by atoms with Crippen LogP contribution in [0, 0.1) is 5.82 Å². The van der Waals surface area contributed by atoms with Crippen LogP contribution in [0.25, 0.3) is 0 Å². The van der Waals surface area contributed by atoms with Crippen molar-refractivity contribution in [3.63, 3.8) is 0 Å². The Bertz CT molecular complexity index is 938. The highest BCUT2D eigenvalue weighted by atomic mass is 19.1. The molecule has 0 aliphatic carbocycles. The number of amides is 1. The van der Waals surface area contributed by atoms with Gasteiger partial charge in [-0.2, -0.15) is 5.10 Å². The number of rotatable bonds is 6. The predicted octanol–water partition coefficient (Wildman–Crippen LogP) is 3.87. The number of hydrogen-bond donors (Lipinski definition) is 2. The summed E-state index contributed by atoms with van der Waals surface area (Å²) in [7, 11) is 0. The van der Waals surface area contributed by atoms with Gasteiger partial charge in [0.1, 0.15) is 23.9 Å². The van der Waals surface area contributed by atoms with Gasteiger partial charge in [0, 0.05) is 11.1 Å². The second kappa shape index (κ2) is 8.62. The number of halogens is 1. The van der Waals surface area contributed by atoms with Crippen molar-refractivity contribution in [1.82, 2.24) is 5.43 Å². The van der Waals surface area contributed by atoms with Crippen molar-refractivity contribution >= 4 is 12.1 Å². The molecule has 3 rings (SSSR count). The topological polar surface area (TPSA) is 70.9 Å². The number of phenolic OH excluding ortho intramolecular Hbond substituents is 1. The number of phenols is 1. The standard InChI is InChI=1S/C21H17FN2O3/c22-20-4-2-1-3-17(20)14-27-19-11-5-15(6-12-19)13-23-24-21(26)16-7-9-18(25)10-8-16/h1-13,25H,14H2,(H,24,26)/b23-13+. The van der Waals surface area contributed by atoms with Crippen LogP contribution in [-0.2, 0) is 6.61 Å². The zero-order valence-corrected chi connectivity index (χ0v) is 14.3. The van der Waals surface area contributed by atoms with Gasteiger partial charge in [0.05, 0.1) is 6.21 Å². The Morgan fingerprint density at radius 3 is 2.44 bits per heavy atom. The lowest BCUT2D eigenvalue weighted by Crippen LogP contribution is -2.17. The Balaban J connectivity index is 1.52. The maximum atomic E-state index is 13.6. The van der Waals surface area contributed by atoms with E-state index in [1.165, 1.54) is 36.5 Å². The Morgan fingerprint density at radius 2 is 1.74 bits per heavy atom. The largest absolute Gasteiger partial charge is 0.508 e. The van der Waals surface area contributed by atoms with E-state index in [-0.39, 0.29) is 24.1 Å². The zero-order valence-electron chi connectivity index (χ0n) is 14.3. The van der Waals surface area contributed by atoms with Crippen LogP contribution in [0.1, 0.15) is 21.5 Å². The summed E-state index contributed by atoms with van der Waals surface area (Å²) in [4.78, 5) is 11.9. The average molecular weight is 364 g/mol. The van der Waals surface area contributed by atoms with E-state index in [9.17, 15) is 14.3 Å². The van der Waals surface area contributed by atoms with Gasteiger partial charge in [0.2, 0.25) is 0 Å². The molecule has 3 aromatic carbocycles. The molecule has 0 unspecified atom stereocenters. The number of carbonyl (C=O) groups excluding carboxylic acids is 1. The number of carbonyl (C=O) groups is 1. The Kier molecular flexibility index (Phi) is 5.79. The van der Waals surface area contributed by atoms with Crippen LogP contribution in [0.15, 0.2) is 77.9 Å². The van der Waals surface area contributed by atoms with Crippen LogP contribution < -0.4 is 10.2 Å². The Hall–Kier alpha value is -3.67. The third-order valence-corrected chi connectivity index (χ3v) is 3.74. The summed E-state index contributed by atoms with van der Waals surface area (Å²) in [5, 5.41) is 13.1. The third kappa shape index (κ3) is 5.15. The molecule has 0 aliphatic rings. The minimum Gasteiger partial charge on any atom is -0.508 e. The molecule has 0 saturated heterocycles. The molecule has 0 saturated carbocycles. The number of nitrogens with zero attached hydrogens (tertiary/aromatic N) is 1. The number of hydrogen-bond acceptors (Lipinski definition) is 4. The first-order valence-corrected chi connectivity index (χ1v) is 8.20. The minimum absolute atomic E-state index is 0.0902. The first-order chi connectivity index (χ1) is 13.1. The van der Waals surface area contributed by atoms with Crippen molar-refractivity contribution in [2.24, 2.45) is 5.10 Å². The van der Waals surface area contributed by atoms with Gasteiger partial charge in [-0.15, -0.1) is 0 Å². The van der Waals surface area contributed by atoms with Gasteiger partial charge in [0.25, 0.3) is 5.91 Å². The molecule has 0 aromatic heterocycles. The van der Waals surface area contributed by atoms with Crippen molar-refractivity contribution < 1.29 is 19.0 Å². The number of aromatic hydroxyl groups is 1. The van der Waals surface area contributed by atoms with Crippen molar-refractivity contribution in [3.05, 3.63) is 95.3 Å². The first kappa shape index (κ1) is 18.1. The smallest absolute Gasteiger partial charge is 0.271 e. The summed E-state index contributed by atoms with van der Waals surface area (Å²) >= 11 is 0. The minimum atomic E-state index is -0.379. The number of ether oxygens (including phenoxy) is 1. The molecule has 0 fully saturated rings. The van der Waals surface area contributed by atoms with E-state index in [1.54, 1.807) is 42.5 Å².